The molecule has 0 spiro atoms. The van der Waals surface area contributed by atoms with Gasteiger partial charge in [0.2, 0.25) is 0 Å². The SMILES string of the molecule is O=C(c1noc2c1COc1ccccc1-2)N1CCN(c2cccc(C(F)(F)F)c2)CC1. The third kappa shape index (κ3) is 3.49. The Bertz CT molecular complexity index is 1130. The number of amides is 1. The van der Waals surface area contributed by atoms with E-state index in [2.05, 4.69) is 5.16 Å². The summed E-state index contributed by atoms with van der Waals surface area (Å²) in [6.07, 6.45) is -4.39. The first-order chi connectivity index (χ1) is 14.9. The molecular weight excluding hydrogens is 411 g/mol. The van der Waals surface area contributed by atoms with Crippen LogP contribution < -0.4 is 9.64 Å². The highest BCUT2D eigenvalue weighted by Crippen LogP contribution is 2.39. The van der Waals surface area contributed by atoms with E-state index < -0.39 is 11.7 Å². The minimum atomic E-state index is -4.39. The fraction of sp³-hybridized carbons (Fsp3) is 0.273. The Kier molecular flexibility index (Phi) is 4.60. The fourth-order valence-electron chi connectivity index (χ4n) is 3.95. The third-order valence-corrected chi connectivity index (χ3v) is 5.60. The molecule has 1 amide bonds. The number of carbonyl (C=O) groups is 1. The first-order valence-corrected chi connectivity index (χ1v) is 9.84. The summed E-state index contributed by atoms with van der Waals surface area (Å²) in [4.78, 5) is 16.5. The normalized spacial score (nSPS) is 15.8. The van der Waals surface area contributed by atoms with Crippen molar-refractivity contribution in [2.24, 2.45) is 0 Å². The summed E-state index contributed by atoms with van der Waals surface area (Å²) in [6.45, 7) is 1.78. The Balaban J connectivity index is 1.30. The quantitative estimate of drug-likeness (QED) is 0.611. The van der Waals surface area contributed by atoms with Gasteiger partial charge < -0.3 is 19.1 Å². The van der Waals surface area contributed by atoms with Gasteiger partial charge in [0.25, 0.3) is 5.91 Å². The van der Waals surface area contributed by atoms with Crippen LogP contribution in [-0.2, 0) is 12.8 Å². The number of fused-ring (bicyclic) bond motifs is 3. The fourth-order valence-corrected chi connectivity index (χ4v) is 3.95. The van der Waals surface area contributed by atoms with E-state index in [1.165, 1.54) is 6.07 Å². The van der Waals surface area contributed by atoms with Crippen molar-refractivity contribution in [2.75, 3.05) is 31.1 Å². The van der Waals surface area contributed by atoms with Crippen LogP contribution in [0.4, 0.5) is 18.9 Å². The molecule has 0 radical (unpaired) electrons. The van der Waals surface area contributed by atoms with Gasteiger partial charge in [0.1, 0.15) is 12.4 Å². The summed E-state index contributed by atoms with van der Waals surface area (Å²) >= 11 is 0. The number of rotatable bonds is 2. The summed E-state index contributed by atoms with van der Waals surface area (Å²) < 4.78 is 50.2. The Morgan fingerprint density at radius 2 is 1.77 bits per heavy atom. The number of hydrogen-bond acceptors (Lipinski definition) is 5. The summed E-state index contributed by atoms with van der Waals surface area (Å²) in [5.41, 5.74) is 1.40. The van der Waals surface area contributed by atoms with Gasteiger partial charge in [-0.2, -0.15) is 13.2 Å². The topological polar surface area (TPSA) is 58.8 Å². The Morgan fingerprint density at radius 1 is 1.00 bits per heavy atom. The van der Waals surface area contributed by atoms with Gasteiger partial charge in [0.15, 0.2) is 11.5 Å². The van der Waals surface area contributed by atoms with Crippen LogP contribution in [0.2, 0.25) is 0 Å². The predicted octanol–water partition coefficient (Wildman–Crippen LogP) is 4.22. The highest BCUT2D eigenvalue weighted by molar-refractivity contribution is 5.95. The summed E-state index contributed by atoms with van der Waals surface area (Å²) in [5.74, 6) is 0.948. The van der Waals surface area contributed by atoms with E-state index in [0.717, 1.165) is 17.7 Å². The molecule has 0 aliphatic carbocycles. The Morgan fingerprint density at radius 3 is 2.55 bits per heavy atom. The number of aromatic nitrogens is 1. The van der Waals surface area contributed by atoms with Gasteiger partial charge in [0, 0.05) is 31.9 Å². The van der Waals surface area contributed by atoms with Crippen molar-refractivity contribution in [2.45, 2.75) is 12.8 Å². The standard InChI is InChI=1S/C22H18F3N3O3/c23-22(24,25)14-4-3-5-15(12-14)27-8-10-28(11-9-27)21(29)19-17-13-30-18-7-2-1-6-16(18)20(17)31-26-19/h1-7,12H,8-11,13H2. The zero-order valence-electron chi connectivity index (χ0n) is 16.4. The van der Waals surface area contributed by atoms with Crippen LogP contribution in [0.1, 0.15) is 21.6 Å². The molecular formula is C22H18F3N3O3. The predicted molar refractivity (Wildman–Crippen MR) is 106 cm³/mol. The van der Waals surface area contributed by atoms with Crippen LogP contribution in [0, 0.1) is 0 Å². The van der Waals surface area contributed by atoms with E-state index >= 15 is 0 Å². The molecule has 160 valence electrons. The zero-order chi connectivity index (χ0) is 21.6. The smallest absolute Gasteiger partial charge is 0.416 e. The number of anilines is 1. The van der Waals surface area contributed by atoms with E-state index in [4.69, 9.17) is 9.26 Å². The number of alkyl halides is 3. The minimum absolute atomic E-state index is 0.196. The van der Waals surface area contributed by atoms with Crippen LogP contribution >= 0.6 is 0 Å². The second-order valence-electron chi connectivity index (χ2n) is 7.45. The monoisotopic (exact) mass is 429 g/mol. The number of ether oxygens (including phenoxy) is 1. The first kappa shape index (κ1) is 19.5. The van der Waals surface area contributed by atoms with Gasteiger partial charge >= 0.3 is 6.18 Å². The van der Waals surface area contributed by atoms with Gasteiger partial charge in [-0.15, -0.1) is 0 Å². The lowest BCUT2D eigenvalue weighted by molar-refractivity contribution is -0.137. The lowest BCUT2D eigenvalue weighted by atomic mass is 10.0. The number of piperazine rings is 1. The molecule has 0 unspecified atom stereocenters. The van der Waals surface area contributed by atoms with Crippen molar-refractivity contribution < 1.29 is 27.2 Å². The van der Waals surface area contributed by atoms with Crippen molar-refractivity contribution in [3.8, 4) is 17.1 Å². The second-order valence-corrected chi connectivity index (χ2v) is 7.45. The molecule has 2 aromatic carbocycles. The van der Waals surface area contributed by atoms with Crippen molar-refractivity contribution in [1.82, 2.24) is 10.1 Å². The van der Waals surface area contributed by atoms with E-state index in [1.807, 2.05) is 29.2 Å². The number of nitrogens with zero attached hydrogens (tertiary/aromatic N) is 3. The van der Waals surface area contributed by atoms with E-state index in [1.54, 1.807) is 11.0 Å². The largest absolute Gasteiger partial charge is 0.488 e. The van der Waals surface area contributed by atoms with Gasteiger partial charge in [-0.1, -0.05) is 23.4 Å². The van der Waals surface area contributed by atoms with Crippen molar-refractivity contribution in [1.29, 1.82) is 0 Å². The van der Waals surface area contributed by atoms with E-state index in [0.29, 0.717) is 48.9 Å². The first-order valence-electron chi connectivity index (χ1n) is 9.84. The minimum Gasteiger partial charge on any atom is -0.488 e. The number of hydrogen-bond donors (Lipinski definition) is 0. The molecule has 2 aliphatic rings. The zero-order valence-corrected chi connectivity index (χ0v) is 16.4. The highest BCUT2D eigenvalue weighted by atomic mass is 19.4. The molecule has 9 heteroatoms. The Labute approximate surface area is 175 Å². The lowest BCUT2D eigenvalue weighted by Crippen LogP contribution is -2.49. The lowest BCUT2D eigenvalue weighted by Gasteiger charge is -2.36. The molecule has 0 bridgehead atoms. The molecule has 2 aliphatic heterocycles. The van der Waals surface area contributed by atoms with Crippen LogP contribution in [-0.4, -0.2) is 42.1 Å². The highest BCUT2D eigenvalue weighted by Gasteiger charge is 2.33. The molecule has 5 rings (SSSR count). The number of halogens is 3. The van der Waals surface area contributed by atoms with Crippen molar-refractivity contribution in [3.63, 3.8) is 0 Å². The maximum absolute atomic E-state index is 13.1. The summed E-state index contributed by atoms with van der Waals surface area (Å²) in [5, 5.41) is 4.00. The molecule has 31 heavy (non-hydrogen) atoms. The van der Waals surface area contributed by atoms with Crippen LogP contribution in [0.25, 0.3) is 11.3 Å². The maximum atomic E-state index is 13.1. The molecule has 0 saturated carbocycles. The average Bonchev–Trinajstić information content (AvgIpc) is 3.23. The molecule has 3 heterocycles. The van der Waals surface area contributed by atoms with E-state index in [9.17, 15) is 18.0 Å². The maximum Gasteiger partial charge on any atom is 0.416 e. The van der Waals surface area contributed by atoms with Crippen molar-refractivity contribution >= 4 is 11.6 Å². The average molecular weight is 429 g/mol. The van der Waals surface area contributed by atoms with Gasteiger partial charge in [0.05, 0.1) is 16.7 Å². The van der Waals surface area contributed by atoms with E-state index in [-0.39, 0.29) is 18.2 Å². The van der Waals surface area contributed by atoms with Gasteiger partial charge in [-0.05, 0) is 30.3 Å². The van der Waals surface area contributed by atoms with Crippen LogP contribution in [0.3, 0.4) is 0 Å². The van der Waals surface area contributed by atoms with Crippen LogP contribution in [0.5, 0.6) is 5.75 Å². The Hall–Kier alpha value is -3.49. The number of carbonyl (C=O) groups excluding carboxylic acids is 1. The molecule has 1 aromatic heterocycles. The molecule has 0 atom stereocenters. The van der Waals surface area contributed by atoms with Gasteiger partial charge in [-0.25, -0.2) is 0 Å². The van der Waals surface area contributed by atoms with Crippen LogP contribution in [0.15, 0.2) is 53.1 Å². The summed E-state index contributed by atoms with van der Waals surface area (Å²) in [7, 11) is 0. The number of benzene rings is 2. The van der Waals surface area contributed by atoms with Crippen molar-refractivity contribution in [3.05, 3.63) is 65.4 Å². The molecule has 0 N–H and O–H groups in total. The molecule has 1 saturated heterocycles. The molecule has 1 fully saturated rings. The number of para-hydroxylation sites is 1. The summed E-state index contributed by atoms with van der Waals surface area (Å²) in [6, 6.07) is 12.6. The molecule has 6 nitrogen and oxygen atoms in total. The second kappa shape index (κ2) is 7.33. The molecule has 3 aromatic rings. The third-order valence-electron chi connectivity index (χ3n) is 5.60. The van der Waals surface area contributed by atoms with Gasteiger partial charge in [-0.3, -0.25) is 4.79 Å².